The van der Waals surface area contributed by atoms with Crippen LogP contribution in [0.15, 0.2) is 0 Å². The van der Waals surface area contributed by atoms with Gasteiger partial charge >= 0.3 is 0 Å². The molecule has 12 nitrogen and oxygen atoms in total. The summed E-state index contributed by atoms with van der Waals surface area (Å²) < 4.78 is 0. The molecule has 26 heavy (non-hydrogen) atoms. The van der Waals surface area contributed by atoms with Crippen LogP contribution in [0.3, 0.4) is 0 Å². The van der Waals surface area contributed by atoms with Crippen molar-refractivity contribution < 1.29 is 29.8 Å². The first kappa shape index (κ1) is 22.2. The highest BCUT2D eigenvalue weighted by molar-refractivity contribution is 5.42. The first-order valence-corrected chi connectivity index (χ1v) is 8.23. The van der Waals surface area contributed by atoms with Gasteiger partial charge in [0.25, 0.3) is 17.8 Å². The number of hydrogen-bond donors (Lipinski definition) is 3. The smallest absolute Gasteiger partial charge is 0.258 e. The minimum atomic E-state index is -0.529. The SMILES string of the molecule is CCON(CO)c1nc(N(CO)OC(C)C)nc(N(CO)OC(C)C)n1. The Bertz CT molecular complexity index is 498. The van der Waals surface area contributed by atoms with Crippen molar-refractivity contribution in [3.8, 4) is 0 Å². The van der Waals surface area contributed by atoms with E-state index in [0.29, 0.717) is 0 Å². The van der Waals surface area contributed by atoms with Gasteiger partial charge in [0, 0.05) is 0 Å². The van der Waals surface area contributed by atoms with E-state index in [4.69, 9.17) is 14.5 Å². The van der Waals surface area contributed by atoms with Crippen LogP contribution in [-0.4, -0.2) is 69.3 Å². The summed E-state index contributed by atoms with van der Waals surface area (Å²) in [5.74, 6) is -0.152. The zero-order chi connectivity index (χ0) is 19.7. The van der Waals surface area contributed by atoms with Crippen LogP contribution in [0.25, 0.3) is 0 Å². The van der Waals surface area contributed by atoms with Gasteiger partial charge in [-0.1, -0.05) is 0 Å². The Kier molecular flexibility index (Phi) is 9.40. The summed E-state index contributed by atoms with van der Waals surface area (Å²) in [7, 11) is 0. The average Bonchev–Trinajstić information content (AvgIpc) is 2.61. The van der Waals surface area contributed by atoms with Crippen LogP contribution in [0.4, 0.5) is 17.8 Å². The van der Waals surface area contributed by atoms with Gasteiger partial charge in [0.15, 0.2) is 0 Å². The van der Waals surface area contributed by atoms with Gasteiger partial charge in [0.05, 0.1) is 18.8 Å². The summed E-state index contributed by atoms with van der Waals surface area (Å²) in [6, 6.07) is 0. The van der Waals surface area contributed by atoms with Crippen LogP contribution in [0, 0.1) is 0 Å². The lowest BCUT2D eigenvalue weighted by atomic mass is 10.5. The quantitative estimate of drug-likeness (QED) is 0.328. The maximum absolute atomic E-state index is 9.56. The van der Waals surface area contributed by atoms with Crippen molar-refractivity contribution in [2.75, 3.05) is 42.0 Å². The summed E-state index contributed by atoms with van der Waals surface area (Å²) in [5, 5.41) is 31.7. The molecule has 0 saturated carbocycles. The van der Waals surface area contributed by atoms with E-state index in [1.165, 1.54) is 0 Å². The van der Waals surface area contributed by atoms with Crippen molar-refractivity contribution in [3.63, 3.8) is 0 Å². The Hall–Kier alpha value is -1.83. The maximum Gasteiger partial charge on any atom is 0.258 e. The van der Waals surface area contributed by atoms with Crippen molar-refractivity contribution in [2.24, 2.45) is 0 Å². The molecular weight excluding hydrogens is 348 g/mol. The Morgan fingerprint density at radius 2 is 1.08 bits per heavy atom. The molecule has 0 fully saturated rings. The van der Waals surface area contributed by atoms with Crippen molar-refractivity contribution in [1.82, 2.24) is 15.0 Å². The van der Waals surface area contributed by atoms with E-state index in [1.807, 2.05) is 0 Å². The molecule has 150 valence electrons. The number of rotatable bonds is 12. The molecule has 1 heterocycles. The molecule has 0 spiro atoms. The van der Waals surface area contributed by atoms with Crippen molar-refractivity contribution in [2.45, 2.75) is 46.8 Å². The van der Waals surface area contributed by atoms with Crippen LogP contribution in [0.5, 0.6) is 0 Å². The van der Waals surface area contributed by atoms with Gasteiger partial charge in [0.1, 0.15) is 20.2 Å². The van der Waals surface area contributed by atoms with E-state index in [1.54, 1.807) is 34.6 Å². The van der Waals surface area contributed by atoms with Crippen LogP contribution >= 0.6 is 0 Å². The third-order valence-corrected chi connectivity index (χ3v) is 2.62. The average molecular weight is 376 g/mol. The lowest BCUT2D eigenvalue weighted by molar-refractivity contribution is 0.0129. The molecule has 1 rings (SSSR count). The normalized spacial score (nSPS) is 11.3. The second kappa shape index (κ2) is 11.0. The predicted octanol–water partition coefficient (Wildman–Crippen LogP) is -0.228. The van der Waals surface area contributed by atoms with Crippen LogP contribution in [0.2, 0.25) is 0 Å². The highest BCUT2D eigenvalue weighted by Crippen LogP contribution is 2.20. The molecule has 12 heteroatoms. The first-order chi connectivity index (χ1) is 12.4. The zero-order valence-corrected chi connectivity index (χ0v) is 15.7. The Balaban J connectivity index is 3.36. The van der Waals surface area contributed by atoms with Gasteiger partial charge in [-0.25, -0.2) is 0 Å². The number of nitrogens with zero attached hydrogens (tertiary/aromatic N) is 6. The van der Waals surface area contributed by atoms with Gasteiger partial charge in [0.2, 0.25) is 0 Å². The number of aliphatic hydroxyl groups excluding tert-OH is 3. The Morgan fingerprint density at radius 1 is 0.731 bits per heavy atom. The molecule has 1 aromatic heterocycles. The van der Waals surface area contributed by atoms with Crippen LogP contribution < -0.4 is 15.2 Å². The molecule has 0 radical (unpaired) electrons. The third kappa shape index (κ3) is 6.48. The molecule has 0 atom stereocenters. The van der Waals surface area contributed by atoms with Crippen molar-refractivity contribution in [3.05, 3.63) is 0 Å². The topological polar surface area (TPSA) is 137 Å². The van der Waals surface area contributed by atoms with E-state index < -0.39 is 20.2 Å². The van der Waals surface area contributed by atoms with Gasteiger partial charge in [-0.2, -0.15) is 30.1 Å². The molecule has 3 N–H and O–H groups in total. The summed E-state index contributed by atoms with van der Waals surface area (Å²) >= 11 is 0. The van der Waals surface area contributed by atoms with E-state index in [2.05, 4.69) is 15.0 Å². The number of aromatic nitrogens is 3. The highest BCUT2D eigenvalue weighted by Gasteiger charge is 2.22. The fourth-order valence-electron chi connectivity index (χ4n) is 1.79. The Morgan fingerprint density at radius 3 is 1.35 bits per heavy atom. The fraction of sp³-hybridized carbons (Fsp3) is 0.786. The molecule has 0 saturated heterocycles. The summed E-state index contributed by atoms with van der Waals surface area (Å²) in [6.45, 7) is 7.50. The van der Waals surface area contributed by atoms with Gasteiger partial charge in [-0.05, 0) is 34.6 Å². The monoisotopic (exact) mass is 376 g/mol. The van der Waals surface area contributed by atoms with E-state index in [-0.39, 0.29) is 36.7 Å². The molecule has 0 unspecified atom stereocenters. The second-order valence-corrected chi connectivity index (χ2v) is 5.52. The summed E-state index contributed by atoms with van der Waals surface area (Å²) in [6.07, 6.45) is -0.514. The molecule has 0 aliphatic heterocycles. The fourth-order valence-corrected chi connectivity index (χ4v) is 1.79. The predicted molar refractivity (Wildman–Crippen MR) is 92.6 cm³/mol. The standard InChI is InChI=1S/C14H28N6O6/c1-6-24-18(7-21)12-15-13(19(8-22)25-10(2)3)17-14(16-12)20(9-23)26-11(4)5/h10-11,21-23H,6-9H2,1-5H3. The minimum absolute atomic E-state index is 0.0500. The van der Waals surface area contributed by atoms with Crippen molar-refractivity contribution >= 4 is 17.8 Å². The number of anilines is 3. The molecular formula is C14H28N6O6. The van der Waals surface area contributed by atoms with Crippen LogP contribution in [-0.2, 0) is 14.5 Å². The van der Waals surface area contributed by atoms with Gasteiger partial charge < -0.3 is 15.3 Å². The molecule has 0 aliphatic rings. The maximum atomic E-state index is 9.56. The van der Waals surface area contributed by atoms with Crippen molar-refractivity contribution in [1.29, 1.82) is 0 Å². The zero-order valence-electron chi connectivity index (χ0n) is 15.7. The number of aliphatic hydroxyl groups is 3. The van der Waals surface area contributed by atoms with Gasteiger partial charge in [-0.3, -0.25) is 14.5 Å². The highest BCUT2D eigenvalue weighted by atomic mass is 16.7. The van der Waals surface area contributed by atoms with Gasteiger partial charge in [-0.15, -0.1) is 0 Å². The minimum Gasteiger partial charge on any atom is -0.374 e. The summed E-state index contributed by atoms with van der Waals surface area (Å²) in [5.41, 5.74) is 0. The number of hydroxylamine groups is 3. The molecule has 0 aliphatic carbocycles. The molecule has 0 bridgehead atoms. The van der Waals surface area contributed by atoms with E-state index in [9.17, 15) is 15.3 Å². The third-order valence-electron chi connectivity index (χ3n) is 2.62. The lowest BCUT2D eigenvalue weighted by Crippen LogP contribution is -2.35. The lowest BCUT2D eigenvalue weighted by Gasteiger charge is -2.26. The molecule has 0 aromatic carbocycles. The first-order valence-electron chi connectivity index (χ1n) is 8.23. The van der Waals surface area contributed by atoms with E-state index in [0.717, 1.165) is 15.2 Å². The molecule has 1 aromatic rings. The number of hydrogen-bond acceptors (Lipinski definition) is 12. The largest absolute Gasteiger partial charge is 0.374 e. The molecule has 0 amide bonds. The second-order valence-electron chi connectivity index (χ2n) is 5.52. The Labute approximate surface area is 152 Å². The van der Waals surface area contributed by atoms with E-state index >= 15 is 0 Å². The summed E-state index contributed by atoms with van der Waals surface area (Å²) in [4.78, 5) is 28.6. The van der Waals surface area contributed by atoms with Crippen LogP contribution in [0.1, 0.15) is 34.6 Å².